The van der Waals surface area contributed by atoms with Crippen molar-refractivity contribution in [2.24, 2.45) is 0 Å². The number of anilines is 1. The molecule has 3 N–H and O–H groups in total. The van der Waals surface area contributed by atoms with Crippen LogP contribution >= 0.6 is 23.2 Å². The quantitative estimate of drug-likeness (QED) is 0.527. The van der Waals surface area contributed by atoms with Gasteiger partial charge in [-0.3, -0.25) is 0 Å². The number of nitrogen functional groups attached to an aromatic ring is 1. The maximum Gasteiger partial charge on any atom is 0.244 e. The zero-order chi connectivity index (χ0) is 15.9. The van der Waals surface area contributed by atoms with Crippen LogP contribution < -0.4 is 10.5 Å². The number of sulfonamides is 1. The van der Waals surface area contributed by atoms with Crippen LogP contribution in [0.2, 0.25) is 10.0 Å². The first-order valence-corrected chi connectivity index (χ1v) is 8.94. The maximum absolute atomic E-state index is 12.2. The molecule has 1 aromatic rings. The number of hydrogen-bond donors (Lipinski definition) is 2. The topological polar surface area (TPSA) is 81.4 Å². The first-order chi connectivity index (χ1) is 9.88. The Hall–Kier alpha value is -0.530. The van der Waals surface area contributed by atoms with E-state index >= 15 is 0 Å². The predicted molar refractivity (Wildman–Crippen MR) is 86.4 cm³/mol. The number of benzene rings is 1. The summed E-state index contributed by atoms with van der Waals surface area (Å²) in [5, 5.41) is 0.299. The summed E-state index contributed by atoms with van der Waals surface area (Å²) < 4.78 is 32.1. The third kappa shape index (κ3) is 6.00. The van der Waals surface area contributed by atoms with E-state index in [2.05, 4.69) is 11.6 Å². The van der Waals surface area contributed by atoms with Gasteiger partial charge in [0.25, 0.3) is 0 Å². The molecular weight excluding hydrogens is 335 g/mol. The van der Waals surface area contributed by atoms with Crippen LogP contribution in [0.15, 0.2) is 17.0 Å². The minimum absolute atomic E-state index is 0.00620. The Morgan fingerprint density at radius 1 is 1.24 bits per heavy atom. The van der Waals surface area contributed by atoms with Crippen molar-refractivity contribution < 1.29 is 13.2 Å². The lowest BCUT2D eigenvalue weighted by Crippen LogP contribution is -2.26. The molecule has 0 fully saturated rings. The maximum atomic E-state index is 12.2. The van der Waals surface area contributed by atoms with E-state index in [1.165, 1.54) is 12.1 Å². The molecule has 0 saturated heterocycles. The average Bonchev–Trinajstić information content (AvgIpc) is 2.35. The summed E-state index contributed by atoms with van der Waals surface area (Å²) in [5.74, 6) is 0. The largest absolute Gasteiger partial charge is 0.398 e. The van der Waals surface area contributed by atoms with Crippen LogP contribution in [0.1, 0.15) is 26.2 Å². The molecule has 0 atom stereocenters. The molecule has 1 aromatic carbocycles. The van der Waals surface area contributed by atoms with Crippen molar-refractivity contribution >= 4 is 38.9 Å². The van der Waals surface area contributed by atoms with E-state index in [0.29, 0.717) is 24.7 Å². The molecule has 21 heavy (non-hydrogen) atoms. The van der Waals surface area contributed by atoms with E-state index in [1.54, 1.807) is 0 Å². The SMILES string of the molecule is CCCCOCCCNS(=O)(=O)c1c(N)cc(Cl)cc1Cl. The minimum atomic E-state index is -3.76. The van der Waals surface area contributed by atoms with Gasteiger partial charge in [-0.2, -0.15) is 0 Å². The Balaban J connectivity index is 2.55. The number of nitrogens with one attached hydrogen (secondary N) is 1. The lowest BCUT2D eigenvalue weighted by Gasteiger charge is -2.11. The Kier molecular flexibility index (Phi) is 7.76. The van der Waals surface area contributed by atoms with Gasteiger partial charge in [0.05, 0.1) is 10.7 Å². The lowest BCUT2D eigenvalue weighted by atomic mass is 10.3. The number of hydrogen-bond acceptors (Lipinski definition) is 4. The van der Waals surface area contributed by atoms with Crippen molar-refractivity contribution in [3.63, 3.8) is 0 Å². The monoisotopic (exact) mass is 354 g/mol. The zero-order valence-electron chi connectivity index (χ0n) is 11.9. The van der Waals surface area contributed by atoms with Crippen LogP contribution in [0.4, 0.5) is 5.69 Å². The standard InChI is InChI=1S/C13H20Cl2N2O3S/c1-2-3-6-20-7-4-5-17-21(18,19)13-11(15)8-10(14)9-12(13)16/h8-9,17H,2-7,16H2,1H3. The Bertz CT molecular complexity index is 542. The van der Waals surface area contributed by atoms with Crippen LogP contribution in [0.5, 0.6) is 0 Å². The highest BCUT2D eigenvalue weighted by molar-refractivity contribution is 7.89. The number of rotatable bonds is 9. The molecule has 0 aliphatic heterocycles. The van der Waals surface area contributed by atoms with E-state index in [1.807, 2.05) is 0 Å². The Morgan fingerprint density at radius 2 is 1.90 bits per heavy atom. The van der Waals surface area contributed by atoms with Crippen molar-refractivity contribution in [1.29, 1.82) is 0 Å². The van der Waals surface area contributed by atoms with Gasteiger partial charge in [0.15, 0.2) is 0 Å². The fourth-order valence-electron chi connectivity index (χ4n) is 1.67. The highest BCUT2D eigenvalue weighted by atomic mass is 35.5. The molecule has 0 bridgehead atoms. The van der Waals surface area contributed by atoms with E-state index in [4.69, 9.17) is 33.7 Å². The molecule has 0 radical (unpaired) electrons. The Morgan fingerprint density at radius 3 is 2.52 bits per heavy atom. The first kappa shape index (κ1) is 18.5. The summed E-state index contributed by atoms with van der Waals surface area (Å²) >= 11 is 11.7. The van der Waals surface area contributed by atoms with Crippen LogP contribution in [0.3, 0.4) is 0 Å². The Labute approximate surface area is 135 Å². The summed E-state index contributed by atoms with van der Waals surface area (Å²) in [5.41, 5.74) is 5.71. The van der Waals surface area contributed by atoms with Crippen molar-refractivity contribution in [2.75, 3.05) is 25.5 Å². The smallest absolute Gasteiger partial charge is 0.244 e. The van der Waals surface area contributed by atoms with E-state index in [9.17, 15) is 8.42 Å². The molecule has 8 heteroatoms. The van der Waals surface area contributed by atoms with Gasteiger partial charge in [-0.25, -0.2) is 13.1 Å². The molecule has 0 unspecified atom stereocenters. The van der Waals surface area contributed by atoms with E-state index in [-0.39, 0.29) is 22.2 Å². The highest BCUT2D eigenvalue weighted by Gasteiger charge is 2.21. The lowest BCUT2D eigenvalue weighted by molar-refractivity contribution is 0.130. The van der Waals surface area contributed by atoms with Crippen molar-refractivity contribution in [2.45, 2.75) is 31.1 Å². The normalized spacial score (nSPS) is 11.8. The van der Waals surface area contributed by atoms with Crippen LogP contribution in [-0.4, -0.2) is 28.2 Å². The van der Waals surface area contributed by atoms with E-state index < -0.39 is 10.0 Å². The molecule has 0 spiro atoms. The summed E-state index contributed by atoms with van der Waals surface area (Å²) in [6.07, 6.45) is 2.65. The third-order valence-electron chi connectivity index (χ3n) is 2.71. The molecule has 1 rings (SSSR count). The van der Waals surface area contributed by atoms with Gasteiger partial charge in [0, 0.05) is 24.8 Å². The highest BCUT2D eigenvalue weighted by Crippen LogP contribution is 2.30. The van der Waals surface area contributed by atoms with Gasteiger partial charge >= 0.3 is 0 Å². The zero-order valence-corrected chi connectivity index (χ0v) is 14.2. The van der Waals surface area contributed by atoms with Crippen LogP contribution in [0, 0.1) is 0 Å². The van der Waals surface area contributed by atoms with Crippen LogP contribution in [-0.2, 0) is 14.8 Å². The molecule has 0 saturated carbocycles. The van der Waals surface area contributed by atoms with Crippen molar-refractivity contribution in [3.8, 4) is 0 Å². The molecule has 0 aromatic heterocycles. The van der Waals surface area contributed by atoms with Gasteiger partial charge in [-0.05, 0) is 25.0 Å². The van der Waals surface area contributed by atoms with Crippen molar-refractivity contribution in [1.82, 2.24) is 4.72 Å². The summed E-state index contributed by atoms with van der Waals surface area (Å²) in [6, 6.07) is 2.71. The van der Waals surface area contributed by atoms with E-state index in [0.717, 1.165) is 12.8 Å². The number of unbranched alkanes of at least 4 members (excludes halogenated alkanes) is 1. The first-order valence-electron chi connectivity index (χ1n) is 6.70. The molecule has 0 amide bonds. The number of halogens is 2. The molecular formula is C13H20Cl2N2O3S. The number of ether oxygens (including phenoxy) is 1. The second-order valence-corrected chi connectivity index (χ2v) is 7.07. The fourth-order valence-corrected chi connectivity index (χ4v) is 3.72. The second kappa shape index (κ2) is 8.80. The summed E-state index contributed by atoms with van der Waals surface area (Å²) in [7, 11) is -3.76. The van der Waals surface area contributed by atoms with Gasteiger partial charge in [0.2, 0.25) is 10.0 Å². The second-order valence-electron chi connectivity index (χ2n) is 4.52. The van der Waals surface area contributed by atoms with Gasteiger partial charge in [0.1, 0.15) is 4.90 Å². The van der Waals surface area contributed by atoms with Gasteiger partial charge < -0.3 is 10.5 Å². The van der Waals surface area contributed by atoms with Crippen molar-refractivity contribution in [3.05, 3.63) is 22.2 Å². The average molecular weight is 355 g/mol. The molecule has 5 nitrogen and oxygen atoms in total. The third-order valence-corrected chi connectivity index (χ3v) is 4.91. The van der Waals surface area contributed by atoms with Crippen LogP contribution in [0.25, 0.3) is 0 Å². The summed E-state index contributed by atoms with van der Waals surface area (Å²) in [6.45, 7) is 3.54. The van der Waals surface area contributed by atoms with Gasteiger partial charge in [-0.15, -0.1) is 0 Å². The molecule has 0 aliphatic rings. The number of nitrogens with two attached hydrogens (primary N) is 1. The molecule has 120 valence electrons. The summed E-state index contributed by atoms with van der Waals surface area (Å²) in [4.78, 5) is -0.138. The minimum Gasteiger partial charge on any atom is -0.398 e. The molecule has 0 heterocycles. The van der Waals surface area contributed by atoms with Gasteiger partial charge in [-0.1, -0.05) is 36.5 Å². The fraction of sp³-hybridized carbons (Fsp3) is 0.538. The predicted octanol–water partition coefficient (Wildman–Crippen LogP) is 3.06. The molecule has 0 aliphatic carbocycles.